The molecule has 154 valence electrons. The zero-order valence-corrected chi connectivity index (χ0v) is 17.0. The lowest BCUT2D eigenvalue weighted by Crippen LogP contribution is -2.30. The van der Waals surface area contributed by atoms with E-state index < -0.39 is 18.0 Å². The van der Waals surface area contributed by atoms with Gasteiger partial charge in [0, 0.05) is 0 Å². The van der Waals surface area contributed by atoms with E-state index >= 15 is 0 Å². The summed E-state index contributed by atoms with van der Waals surface area (Å²) in [6.07, 6.45) is -0.987. The van der Waals surface area contributed by atoms with Crippen molar-refractivity contribution in [1.82, 2.24) is 0 Å². The first-order valence-electron chi connectivity index (χ1n) is 9.43. The van der Waals surface area contributed by atoms with Gasteiger partial charge in [-0.2, -0.15) is 0 Å². The predicted molar refractivity (Wildman–Crippen MR) is 115 cm³/mol. The van der Waals surface area contributed by atoms with E-state index in [9.17, 15) is 14.7 Å². The highest BCUT2D eigenvalue weighted by molar-refractivity contribution is 5.98. The quantitative estimate of drug-likeness (QED) is 0.587. The van der Waals surface area contributed by atoms with Crippen LogP contribution in [0.25, 0.3) is 11.1 Å². The largest absolute Gasteiger partial charge is 0.508 e. The second-order valence-corrected chi connectivity index (χ2v) is 6.86. The van der Waals surface area contributed by atoms with Gasteiger partial charge in [-0.05, 0) is 66.9 Å². The highest BCUT2D eigenvalue weighted by Gasteiger charge is 2.20. The Hall–Kier alpha value is -3.80. The molecular weight excluding hydrogens is 382 g/mol. The summed E-state index contributed by atoms with van der Waals surface area (Å²) >= 11 is 0. The third kappa shape index (κ3) is 4.97. The topological polar surface area (TPSA) is 84.9 Å². The molecule has 0 saturated heterocycles. The van der Waals surface area contributed by atoms with E-state index in [1.165, 1.54) is 14.0 Å². The molecule has 0 fully saturated rings. The molecule has 0 saturated carbocycles. The first kappa shape index (κ1) is 20.9. The molecule has 3 aromatic carbocycles. The molecule has 0 bridgehead atoms. The molecule has 3 aromatic rings. The maximum atomic E-state index is 12.5. The SMILES string of the molecule is COc1ccc(C)cc1NC(=O)[C@@H](C)OC(=O)c1ccc(-c2ccc(O)cc2)cc1. The zero-order chi connectivity index (χ0) is 21.7. The molecule has 30 heavy (non-hydrogen) atoms. The number of aromatic hydroxyl groups is 1. The summed E-state index contributed by atoms with van der Waals surface area (Å²) in [6.45, 7) is 3.42. The van der Waals surface area contributed by atoms with Crippen LogP contribution < -0.4 is 10.1 Å². The number of hydrogen-bond acceptors (Lipinski definition) is 5. The predicted octanol–water partition coefficient (Wildman–Crippen LogP) is 4.56. The van der Waals surface area contributed by atoms with Crippen LogP contribution >= 0.6 is 0 Å². The van der Waals surface area contributed by atoms with E-state index in [-0.39, 0.29) is 5.75 Å². The van der Waals surface area contributed by atoms with E-state index in [1.807, 2.05) is 13.0 Å². The smallest absolute Gasteiger partial charge is 0.338 e. The number of aryl methyl sites for hydroxylation is 1. The van der Waals surface area contributed by atoms with Crippen LogP contribution in [0.4, 0.5) is 5.69 Å². The molecule has 3 rings (SSSR count). The van der Waals surface area contributed by atoms with Gasteiger partial charge in [0.1, 0.15) is 11.5 Å². The van der Waals surface area contributed by atoms with Gasteiger partial charge >= 0.3 is 5.97 Å². The normalized spacial score (nSPS) is 11.4. The number of anilines is 1. The van der Waals surface area contributed by atoms with Crippen LogP contribution in [0, 0.1) is 6.92 Å². The van der Waals surface area contributed by atoms with Gasteiger partial charge in [-0.15, -0.1) is 0 Å². The second kappa shape index (κ2) is 9.13. The average Bonchev–Trinajstić information content (AvgIpc) is 2.74. The Morgan fingerprint density at radius 2 is 1.53 bits per heavy atom. The number of phenolic OH excluding ortho intramolecular Hbond substituents is 1. The molecular formula is C24H23NO5. The number of carbonyl (C=O) groups is 2. The summed E-state index contributed by atoms with van der Waals surface area (Å²) in [5.41, 5.74) is 3.62. The second-order valence-electron chi connectivity index (χ2n) is 6.86. The maximum Gasteiger partial charge on any atom is 0.338 e. The van der Waals surface area contributed by atoms with E-state index in [1.54, 1.807) is 60.7 Å². The lowest BCUT2D eigenvalue weighted by molar-refractivity contribution is -0.123. The Labute approximate surface area is 175 Å². The molecule has 0 unspecified atom stereocenters. The number of phenols is 1. The molecule has 6 heteroatoms. The molecule has 2 N–H and O–H groups in total. The van der Waals surface area contributed by atoms with Gasteiger partial charge in [0.25, 0.3) is 5.91 Å². The standard InChI is InChI=1S/C24H23NO5/c1-15-4-13-22(29-3)21(14-15)25-23(27)16(2)30-24(28)19-7-5-17(6-8-19)18-9-11-20(26)12-10-18/h4-14,16,26H,1-3H3,(H,25,27)/t16-/m1/s1. The average molecular weight is 405 g/mol. The van der Waals surface area contributed by atoms with Crippen LogP contribution in [0.1, 0.15) is 22.8 Å². The minimum absolute atomic E-state index is 0.189. The summed E-state index contributed by atoms with van der Waals surface area (Å²) < 4.78 is 10.6. The summed E-state index contributed by atoms with van der Waals surface area (Å²) in [6, 6.07) is 19.0. The minimum Gasteiger partial charge on any atom is -0.508 e. The van der Waals surface area contributed by atoms with Crippen molar-refractivity contribution in [2.75, 3.05) is 12.4 Å². The Bertz CT molecular complexity index is 1040. The molecule has 1 amide bonds. The van der Waals surface area contributed by atoms with Crippen molar-refractivity contribution in [2.24, 2.45) is 0 Å². The van der Waals surface area contributed by atoms with Crippen molar-refractivity contribution in [1.29, 1.82) is 0 Å². The van der Waals surface area contributed by atoms with Gasteiger partial charge < -0.3 is 19.9 Å². The van der Waals surface area contributed by atoms with Crippen LogP contribution in [0.2, 0.25) is 0 Å². The number of carbonyl (C=O) groups excluding carboxylic acids is 2. The summed E-state index contributed by atoms with van der Waals surface area (Å²) in [4.78, 5) is 24.9. The Balaban J connectivity index is 1.64. The van der Waals surface area contributed by atoms with Gasteiger partial charge in [-0.25, -0.2) is 4.79 Å². The summed E-state index contributed by atoms with van der Waals surface area (Å²) in [7, 11) is 1.52. The van der Waals surface area contributed by atoms with E-state index in [0.29, 0.717) is 17.0 Å². The van der Waals surface area contributed by atoms with Crippen LogP contribution in [0.15, 0.2) is 66.7 Å². The minimum atomic E-state index is -0.987. The number of nitrogens with one attached hydrogen (secondary N) is 1. The molecule has 0 aliphatic rings. The number of methoxy groups -OCH3 is 1. The highest BCUT2D eigenvalue weighted by Crippen LogP contribution is 2.26. The maximum absolute atomic E-state index is 12.5. The van der Waals surface area contributed by atoms with Crippen molar-refractivity contribution in [2.45, 2.75) is 20.0 Å². The lowest BCUT2D eigenvalue weighted by atomic mass is 10.0. The molecule has 1 atom stereocenters. The Morgan fingerprint density at radius 1 is 0.933 bits per heavy atom. The number of benzene rings is 3. The molecule has 0 heterocycles. The lowest BCUT2D eigenvalue weighted by Gasteiger charge is -2.16. The van der Waals surface area contributed by atoms with Gasteiger partial charge in [0.05, 0.1) is 18.4 Å². The number of amides is 1. The number of esters is 1. The first-order chi connectivity index (χ1) is 14.4. The van der Waals surface area contributed by atoms with E-state index in [4.69, 9.17) is 9.47 Å². The van der Waals surface area contributed by atoms with Gasteiger partial charge in [0.2, 0.25) is 0 Å². The van der Waals surface area contributed by atoms with Crippen molar-refractivity contribution in [3.05, 3.63) is 77.9 Å². The molecule has 0 aliphatic carbocycles. The van der Waals surface area contributed by atoms with Crippen molar-refractivity contribution >= 4 is 17.6 Å². The van der Waals surface area contributed by atoms with Crippen LogP contribution in [-0.4, -0.2) is 30.2 Å². The fraction of sp³-hybridized carbons (Fsp3) is 0.167. The molecule has 0 aliphatic heterocycles. The van der Waals surface area contributed by atoms with Gasteiger partial charge in [-0.1, -0.05) is 30.3 Å². The van der Waals surface area contributed by atoms with Gasteiger partial charge in [-0.3, -0.25) is 4.79 Å². The van der Waals surface area contributed by atoms with E-state index in [0.717, 1.165) is 16.7 Å². The number of rotatable bonds is 6. The number of ether oxygens (including phenoxy) is 2. The molecule has 0 radical (unpaired) electrons. The van der Waals surface area contributed by atoms with E-state index in [2.05, 4.69) is 5.32 Å². The number of hydrogen-bond donors (Lipinski definition) is 2. The molecule has 0 spiro atoms. The van der Waals surface area contributed by atoms with Crippen molar-refractivity contribution in [3.8, 4) is 22.6 Å². The molecule has 0 aromatic heterocycles. The van der Waals surface area contributed by atoms with Crippen molar-refractivity contribution < 1.29 is 24.2 Å². The third-order valence-corrected chi connectivity index (χ3v) is 4.59. The zero-order valence-electron chi connectivity index (χ0n) is 17.0. The highest BCUT2D eigenvalue weighted by atomic mass is 16.5. The summed E-state index contributed by atoms with van der Waals surface area (Å²) in [5, 5.41) is 12.1. The summed E-state index contributed by atoms with van der Waals surface area (Å²) in [5.74, 6) is -0.328. The molecule has 6 nitrogen and oxygen atoms in total. The monoisotopic (exact) mass is 405 g/mol. The first-order valence-corrected chi connectivity index (χ1v) is 9.43. The Morgan fingerprint density at radius 3 is 2.13 bits per heavy atom. The van der Waals surface area contributed by atoms with Crippen LogP contribution in [-0.2, 0) is 9.53 Å². The fourth-order valence-electron chi connectivity index (χ4n) is 2.89. The van der Waals surface area contributed by atoms with Crippen LogP contribution in [0.3, 0.4) is 0 Å². The van der Waals surface area contributed by atoms with Crippen LogP contribution in [0.5, 0.6) is 11.5 Å². The Kier molecular flexibility index (Phi) is 6.37. The van der Waals surface area contributed by atoms with Crippen molar-refractivity contribution in [3.63, 3.8) is 0 Å². The van der Waals surface area contributed by atoms with Gasteiger partial charge in [0.15, 0.2) is 6.10 Å². The third-order valence-electron chi connectivity index (χ3n) is 4.59. The fourth-order valence-corrected chi connectivity index (χ4v) is 2.89.